The second kappa shape index (κ2) is 7.85. The molecule has 138 valence electrons. The zero-order valence-electron chi connectivity index (χ0n) is 14.5. The number of rotatable bonds is 6. The van der Waals surface area contributed by atoms with E-state index in [0.29, 0.717) is 5.13 Å². The molecule has 0 spiro atoms. The Kier molecular flexibility index (Phi) is 4.94. The van der Waals surface area contributed by atoms with Crippen LogP contribution in [0, 0.1) is 10.1 Å². The maximum atomic E-state index is 10.7. The number of nitrogens with one attached hydrogen (secondary N) is 1. The van der Waals surface area contributed by atoms with Crippen LogP contribution in [0.3, 0.4) is 0 Å². The van der Waals surface area contributed by atoms with Gasteiger partial charge in [-0.25, -0.2) is 4.98 Å². The molecule has 0 radical (unpaired) electrons. The highest BCUT2D eigenvalue weighted by molar-refractivity contribution is 7.19. The third-order valence-electron chi connectivity index (χ3n) is 3.85. The number of benzene rings is 2. The number of furan rings is 1. The van der Waals surface area contributed by atoms with Crippen LogP contribution in [0.5, 0.6) is 0 Å². The van der Waals surface area contributed by atoms with Crippen molar-refractivity contribution in [2.24, 2.45) is 5.10 Å². The smallest absolute Gasteiger partial charge is 0.400 e. The topological polar surface area (TPSA) is 93.6 Å². The van der Waals surface area contributed by atoms with Gasteiger partial charge >= 0.3 is 5.88 Å². The standard InChI is InChI=1S/C20H14N4O3S/c25-24(26)17-12-11-16(27-17)13-21-23-20-22-18(14-7-3-1-4-8-14)19(28-20)15-9-5-2-6-10-15/h1-13H,(H,22,23)/b21-13+. The summed E-state index contributed by atoms with van der Waals surface area (Å²) in [7, 11) is 0. The predicted octanol–water partition coefficient (Wildman–Crippen LogP) is 5.42. The monoisotopic (exact) mass is 390 g/mol. The number of nitrogens with zero attached hydrogens (tertiary/aromatic N) is 3. The quantitative estimate of drug-likeness (QED) is 0.269. The Labute approximate surface area is 164 Å². The lowest BCUT2D eigenvalue weighted by molar-refractivity contribution is -0.402. The van der Waals surface area contributed by atoms with Crippen LogP contribution >= 0.6 is 11.3 Å². The minimum atomic E-state index is -0.593. The number of anilines is 1. The van der Waals surface area contributed by atoms with E-state index in [1.165, 1.54) is 29.7 Å². The Hall–Kier alpha value is -3.78. The minimum absolute atomic E-state index is 0.280. The highest BCUT2D eigenvalue weighted by Crippen LogP contribution is 2.38. The number of nitro groups is 1. The Morgan fingerprint density at radius 1 is 1.00 bits per heavy atom. The van der Waals surface area contributed by atoms with Gasteiger partial charge in [0.05, 0.1) is 22.9 Å². The maximum Gasteiger partial charge on any atom is 0.433 e. The van der Waals surface area contributed by atoms with Crippen LogP contribution in [0.4, 0.5) is 11.0 Å². The molecule has 0 fully saturated rings. The minimum Gasteiger partial charge on any atom is -0.400 e. The molecule has 2 aromatic carbocycles. The lowest BCUT2D eigenvalue weighted by Gasteiger charge is -2.02. The van der Waals surface area contributed by atoms with Crippen LogP contribution in [0.15, 0.2) is 82.3 Å². The average Bonchev–Trinajstić information content (AvgIpc) is 3.37. The first kappa shape index (κ1) is 17.6. The molecule has 0 aliphatic carbocycles. The fraction of sp³-hybridized carbons (Fsp3) is 0. The molecule has 2 aromatic heterocycles. The molecule has 0 aliphatic rings. The van der Waals surface area contributed by atoms with Gasteiger partial charge < -0.3 is 4.42 Å². The Morgan fingerprint density at radius 3 is 2.32 bits per heavy atom. The highest BCUT2D eigenvalue weighted by atomic mass is 32.1. The van der Waals surface area contributed by atoms with Crippen molar-refractivity contribution in [2.75, 3.05) is 5.43 Å². The van der Waals surface area contributed by atoms with E-state index in [-0.39, 0.29) is 11.6 Å². The van der Waals surface area contributed by atoms with Crippen LogP contribution in [-0.4, -0.2) is 16.1 Å². The SMILES string of the molecule is O=[N+]([O-])c1ccc(/C=N/Nc2nc(-c3ccccc3)c(-c3ccccc3)s2)o1. The molecule has 0 bridgehead atoms. The fourth-order valence-electron chi connectivity index (χ4n) is 2.61. The van der Waals surface area contributed by atoms with E-state index >= 15 is 0 Å². The number of hydrazone groups is 1. The van der Waals surface area contributed by atoms with Gasteiger partial charge in [0.2, 0.25) is 5.13 Å². The van der Waals surface area contributed by atoms with Crippen molar-refractivity contribution >= 4 is 28.6 Å². The second-order valence-corrected chi connectivity index (χ2v) is 6.73. The van der Waals surface area contributed by atoms with Crippen molar-refractivity contribution in [3.63, 3.8) is 0 Å². The second-order valence-electron chi connectivity index (χ2n) is 5.73. The lowest BCUT2D eigenvalue weighted by Crippen LogP contribution is -1.89. The van der Waals surface area contributed by atoms with Crippen LogP contribution < -0.4 is 5.43 Å². The Morgan fingerprint density at radius 2 is 1.68 bits per heavy atom. The van der Waals surface area contributed by atoms with Gasteiger partial charge in [0.1, 0.15) is 4.92 Å². The number of aromatic nitrogens is 1. The van der Waals surface area contributed by atoms with Crippen molar-refractivity contribution in [1.82, 2.24) is 4.98 Å². The summed E-state index contributed by atoms with van der Waals surface area (Å²) in [6.45, 7) is 0. The molecule has 8 heteroatoms. The van der Waals surface area contributed by atoms with Gasteiger partial charge in [-0.3, -0.25) is 15.5 Å². The number of thiazole rings is 1. The first-order chi connectivity index (χ1) is 13.7. The van der Waals surface area contributed by atoms with Crippen molar-refractivity contribution < 1.29 is 9.34 Å². The molecule has 4 aromatic rings. The zero-order chi connectivity index (χ0) is 19.3. The average molecular weight is 390 g/mol. The predicted molar refractivity (Wildman–Crippen MR) is 110 cm³/mol. The van der Waals surface area contributed by atoms with Crippen molar-refractivity contribution in [3.05, 3.63) is 88.7 Å². The summed E-state index contributed by atoms with van der Waals surface area (Å²) in [6, 6.07) is 22.7. The molecule has 0 aliphatic heterocycles. The molecule has 4 rings (SSSR count). The molecule has 28 heavy (non-hydrogen) atoms. The van der Waals surface area contributed by atoms with Crippen LogP contribution in [0.1, 0.15) is 5.76 Å². The van der Waals surface area contributed by atoms with Gasteiger partial charge in [-0.05, 0) is 11.6 Å². The molecule has 2 heterocycles. The van der Waals surface area contributed by atoms with E-state index in [0.717, 1.165) is 21.7 Å². The summed E-state index contributed by atoms with van der Waals surface area (Å²) in [5.41, 5.74) is 5.82. The summed E-state index contributed by atoms with van der Waals surface area (Å²) in [4.78, 5) is 15.8. The molecule has 0 saturated carbocycles. The Bertz CT molecular complexity index is 1060. The van der Waals surface area contributed by atoms with Crippen molar-refractivity contribution in [1.29, 1.82) is 0 Å². The lowest BCUT2D eigenvalue weighted by atomic mass is 10.1. The third kappa shape index (κ3) is 3.81. The van der Waals surface area contributed by atoms with Gasteiger partial charge in [-0.1, -0.05) is 72.0 Å². The molecular formula is C20H14N4O3S. The van der Waals surface area contributed by atoms with Crippen LogP contribution in [0.25, 0.3) is 21.7 Å². The fourth-order valence-corrected chi connectivity index (χ4v) is 3.55. The first-order valence-electron chi connectivity index (χ1n) is 8.35. The van der Waals surface area contributed by atoms with E-state index in [2.05, 4.69) is 15.5 Å². The molecule has 0 unspecified atom stereocenters. The number of hydrogen-bond donors (Lipinski definition) is 1. The van der Waals surface area contributed by atoms with Gasteiger partial charge in [-0.2, -0.15) is 5.10 Å². The summed E-state index contributed by atoms with van der Waals surface area (Å²) in [6.07, 6.45) is 1.37. The van der Waals surface area contributed by atoms with Gasteiger partial charge in [0.15, 0.2) is 5.76 Å². The Balaban J connectivity index is 1.62. The zero-order valence-corrected chi connectivity index (χ0v) is 15.3. The van der Waals surface area contributed by atoms with Crippen molar-refractivity contribution in [2.45, 2.75) is 0 Å². The third-order valence-corrected chi connectivity index (χ3v) is 4.86. The summed E-state index contributed by atoms with van der Waals surface area (Å²) in [5, 5.41) is 15.4. The molecule has 1 N–H and O–H groups in total. The molecule has 0 amide bonds. The summed E-state index contributed by atoms with van der Waals surface area (Å²) in [5.74, 6) is -0.0456. The highest BCUT2D eigenvalue weighted by Gasteiger charge is 2.15. The van der Waals surface area contributed by atoms with E-state index in [1.54, 1.807) is 0 Å². The van der Waals surface area contributed by atoms with E-state index in [4.69, 9.17) is 4.42 Å². The van der Waals surface area contributed by atoms with E-state index in [9.17, 15) is 10.1 Å². The van der Waals surface area contributed by atoms with Crippen LogP contribution in [0.2, 0.25) is 0 Å². The van der Waals surface area contributed by atoms with Gasteiger partial charge in [-0.15, -0.1) is 0 Å². The van der Waals surface area contributed by atoms with Gasteiger partial charge in [0.25, 0.3) is 0 Å². The maximum absolute atomic E-state index is 10.7. The first-order valence-corrected chi connectivity index (χ1v) is 9.17. The van der Waals surface area contributed by atoms with Crippen LogP contribution in [-0.2, 0) is 0 Å². The molecular weight excluding hydrogens is 376 g/mol. The van der Waals surface area contributed by atoms with Crippen molar-refractivity contribution in [3.8, 4) is 21.7 Å². The molecule has 0 saturated heterocycles. The molecule has 7 nitrogen and oxygen atoms in total. The normalized spacial score (nSPS) is 11.0. The van der Waals surface area contributed by atoms with E-state index in [1.807, 2.05) is 60.7 Å². The van der Waals surface area contributed by atoms with Gasteiger partial charge in [0, 0.05) is 5.56 Å². The summed E-state index contributed by atoms with van der Waals surface area (Å²) >= 11 is 1.48. The molecule has 0 atom stereocenters. The largest absolute Gasteiger partial charge is 0.433 e. The number of hydrogen-bond acceptors (Lipinski definition) is 7. The van der Waals surface area contributed by atoms with E-state index < -0.39 is 4.92 Å². The summed E-state index contributed by atoms with van der Waals surface area (Å²) < 4.78 is 5.05.